The van der Waals surface area contributed by atoms with Gasteiger partial charge in [-0.3, -0.25) is 4.79 Å². The van der Waals surface area contributed by atoms with Gasteiger partial charge in [-0.15, -0.1) is 0 Å². The van der Waals surface area contributed by atoms with Gasteiger partial charge in [-0.05, 0) is 61.2 Å². The number of fused-ring (bicyclic) bond motifs is 2. The van der Waals surface area contributed by atoms with Crippen LogP contribution in [0.15, 0.2) is 78.8 Å². The second kappa shape index (κ2) is 5.62. The van der Waals surface area contributed by atoms with E-state index < -0.39 is 0 Å². The van der Waals surface area contributed by atoms with Gasteiger partial charge < -0.3 is 4.42 Å². The number of hydrogen-bond donors (Lipinski definition) is 0. The van der Waals surface area contributed by atoms with Crippen molar-refractivity contribution in [1.29, 1.82) is 0 Å². The summed E-state index contributed by atoms with van der Waals surface area (Å²) in [7, 11) is 0. The molecule has 0 aromatic heterocycles. The number of benzene rings is 3. The third kappa shape index (κ3) is 2.42. The van der Waals surface area contributed by atoms with Crippen molar-refractivity contribution in [1.82, 2.24) is 0 Å². The molecule has 1 aliphatic carbocycles. The molecule has 0 bridgehead atoms. The average molecular weight is 430 g/mol. The first-order chi connectivity index (χ1) is 11.1. The third-order valence-electron chi connectivity index (χ3n) is 3.81. The maximum Gasteiger partial charge on any atom is 0.197 e. The van der Waals surface area contributed by atoms with E-state index in [4.69, 9.17) is 4.42 Å². The molecule has 0 unspecified atom stereocenters. The van der Waals surface area contributed by atoms with Gasteiger partial charge >= 0.3 is 0 Å². The first-order valence-corrected chi connectivity index (χ1v) is 8.64. The molecule has 0 spiro atoms. The molecule has 23 heavy (non-hydrogen) atoms. The molecule has 112 valence electrons. The van der Waals surface area contributed by atoms with Crippen molar-refractivity contribution < 1.29 is 4.42 Å². The molecule has 4 heteroatoms. The number of halogens is 2. The Labute approximate surface area is 149 Å². The highest BCUT2D eigenvalue weighted by Gasteiger charge is 2.20. The van der Waals surface area contributed by atoms with Crippen molar-refractivity contribution in [3.8, 4) is 22.5 Å². The predicted octanol–water partition coefficient (Wildman–Crippen LogP) is 6.09. The quantitative estimate of drug-likeness (QED) is 0.342. The van der Waals surface area contributed by atoms with Crippen LogP contribution in [-0.4, -0.2) is 0 Å². The molecule has 2 nitrogen and oxygen atoms in total. The Balaban J connectivity index is 2.17. The van der Waals surface area contributed by atoms with Crippen molar-refractivity contribution in [2.24, 2.45) is 0 Å². The molecule has 0 saturated heterocycles. The summed E-state index contributed by atoms with van der Waals surface area (Å²) in [6.45, 7) is 0. The SMILES string of the molecule is O=c1cc(-c2ccccc2)c2cc3cccc(Br)c3oc-2c1Br. The number of rotatable bonds is 1. The smallest absolute Gasteiger partial charge is 0.197 e. The Hall–Kier alpha value is -1.91. The summed E-state index contributed by atoms with van der Waals surface area (Å²) in [6, 6.07) is 19.5. The molecule has 0 atom stereocenters. The molecule has 1 aliphatic heterocycles. The zero-order chi connectivity index (χ0) is 16.0. The minimum atomic E-state index is -0.0912. The summed E-state index contributed by atoms with van der Waals surface area (Å²) < 4.78 is 7.37. The van der Waals surface area contributed by atoms with Crippen LogP contribution in [0.2, 0.25) is 0 Å². The zero-order valence-electron chi connectivity index (χ0n) is 11.8. The van der Waals surface area contributed by atoms with Crippen LogP contribution in [0.5, 0.6) is 0 Å². The Bertz CT molecular complexity index is 1050. The minimum Gasteiger partial charge on any atom is -0.454 e. The lowest BCUT2D eigenvalue weighted by molar-refractivity contribution is 0.614. The largest absolute Gasteiger partial charge is 0.454 e. The van der Waals surface area contributed by atoms with Crippen molar-refractivity contribution in [3.63, 3.8) is 0 Å². The van der Waals surface area contributed by atoms with E-state index in [9.17, 15) is 4.79 Å². The van der Waals surface area contributed by atoms with Gasteiger partial charge in [-0.2, -0.15) is 0 Å². The molecule has 0 fully saturated rings. The minimum absolute atomic E-state index is 0.0912. The van der Waals surface area contributed by atoms with Gasteiger partial charge in [0.15, 0.2) is 11.2 Å². The second-order valence-corrected chi connectivity index (χ2v) is 6.90. The topological polar surface area (TPSA) is 30.2 Å². The molecule has 0 N–H and O–H groups in total. The van der Waals surface area contributed by atoms with Gasteiger partial charge in [0.25, 0.3) is 0 Å². The summed E-state index contributed by atoms with van der Waals surface area (Å²) in [4.78, 5) is 12.3. The second-order valence-electron chi connectivity index (χ2n) is 5.25. The van der Waals surface area contributed by atoms with Crippen LogP contribution in [0.1, 0.15) is 0 Å². The monoisotopic (exact) mass is 428 g/mol. The average Bonchev–Trinajstić information content (AvgIpc) is 2.58. The highest BCUT2D eigenvalue weighted by Crippen LogP contribution is 2.40. The molecular formula is C19H10Br2O2. The van der Waals surface area contributed by atoms with Gasteiger partial charge in [-0.1, -0.05) is 42.5 Å². The standard InChI is InChI=1S/C19H10Br2O2/c20-15-8-4-7-12-9-14-13(11-5-2-1-3-6-11)10-16(22)17(21)19(14)23-18(12)15/h1-10H. The van der Waals surface area contributed by atoms with Gasteiger partial charge in [0.1, 0.15) is 10.1 Å². The highest BCUT2D eigenvalue weighted by molar-refractivity contribution is 9.11. The van der Waals surface area contributed by atoms with Gasteiger partial charge in [0, 0.05) is 10.9 Å². The Morgan fingerprint density at radius 2 is 1.61 bits per heavy atom. The van der Waals surface area contributed by atoms with E-state index in [1.807, 2.05) is 48.5 Å². The van der Waals surface area contributed by atoms with Gasteiger partial charge in [0.05, 0.1) is 4.47 Å². The summed E-state index contributed by atoms with van der Waals surface area (Å²) in [5.74, 6) is 0.566. The predicted molar refractivity (Wildman–Crippen MR) is 99.9 cm³/mol. The molecule has 0 saturated carbocycles. The molecule has 4 rings (SSSR count). The van der Waals surface area contributed by atoms with Crippen LogP contribution < -0.4 is 5.43 Å². The summed E-state index contributed by atoms with van der Waals surface area (Å²) in [6.07, 6.45) is 0. The van der Waals surface area contributed by atoms with E-state index in [2.05, 4.69) is 37.9 Å². The highest BCUT2D eigenvalue weighted by atomic mass is 79.9. The maximum absolute atomic E-state index is 12.3. The van der Waals surface area contributed by atoms with E-state index >= 15 is 0 Å². The molecule has 1 heterocycles. The van der Waals surface area contributed by atoms with Crippen molar-refractivity contribution >= 4 is 42.8 Å². The van der Waals surface area contributed by atoms with E-state index in [-0.39, 0.29) is 5.43 Å². The molecule has 2 aromatic carbocycles. The zero-order valence-corrected chi connectivity index (χ0v) is 15.0. The summed E-state index contributed by atoms with van der Waals surface area (Å²) in [5.41, 5.74) is 3.41. The lowest BCUT2D eigenvalue weighted by Gasteiger charge is -2.14. The van der Waals surface area contributed by atoms with Crippen LogP contribution in [0.4, 0.5) is 0 Å². The first kappa shape index (κ1) is 14.7. The first-order valence-electron chi connectivity index (χ1n) is 7.05. The van der Waals surface area contributed by atoms with Crippen LogP contribution in [-0.2, 0) is 0 Å². The van der Waals surface area contributed by atoms with Crippen LogP contribution >= 0.6 is 31.9 Å². The van der Waals surface area contributed by atoms with E-state index in [1.165, 1.54) is 0 Å². The van der Waals surface area contributed by atoms with E-state index in [1.54, 1.807) is 6.07 Å². The third-order valence-corrected chi connectivity index (χ3v) is 5.19. The molecule has 0 amide bonds. The molecular weight excluding hydrogens is 420 g/mol. The number of para-hydroxylation sites is 1. The fraction of sp³-hybridized carbons (Fsp3) is 0. The lowest BCUT2D eigenvalue weighted by Crippen LogP contribution is -2.05. The summed E-state index contributed by atoms with van der Waals surface area (Å²) in [5, 5.41) is 0.981. The Morgan fingerprint density at radius 1 is 0.826 bits per heavy atom. The van der Waals surface area contributed by atoms with Crippen LogP contribution in [0, 0.1) is 0 Å². The lowest BCUT2D eigenvalue weighted by atomic mass is 9.96. The van der Waals surface area contributed by atoms with Gasteiger partial charge in [0.2, 0.25) is 0 Å². The Kier molecular flexibility index (Phi) is 3.58. The normalized spacial score (nSPS) is 11.2. The fourth-order valence-electron chi connectivity index (χ4n) is 2.73. The molecule has 0 radical (unpaired) electrons. The maximum atomic E-state index is 12.3. The Morgan fingerprint density at radius 3 is 2.39 bits per heavy atom. The van der Waals surface area contributed by atoms with Crippen molar-refractivity contribution in [2.75, 3.05) is 0 Å². The van der Waals surface area contributed by atoms with Crippen LogP contribution in [0.25, 0.3) is 33.4 Å². The van der Waals surface area contributed by atoms with Crippen molar-refractivity contribution in [2.45, 2.75) is 0 Å². The number of hydrogen-bond acceptors (Lipinski definition) is 2. The van der Waals surface area contributed by atoms with Crippen LogP contribution in [0.3, 0.4) is 0 Å². The van der Waals surface area contributed by atoms with Gasteiger partial charge in [-0.25, -0.2) is 0 Å². The molecule has 2 aromatic rings. The van der Waals surface area contributed by atoms with E-state index in [0.717, 1.165) is 32.1 Å². The molecule has 2 aliphatic rings. The van der Waals surface area contributed by atoms with Crippen molar-refractivity contribution in [3.05, 3.63) is 79.8 Å². The fourth-order valence-corrected chi connectivity index (χ4v) is 3.60. The van der Waals surface area contributed by atoms with E-state index in [0.29, 0.717) is 10.2 Å². The summed E-state index contributed by atoms with van der Waals surface area (Å²) >= 11 is 6.88.